The van der Waals surface area contributed by atoms with Crippen molar-refractivity contribution in [2.24, 2.45) is 0 Å². The molecule has 0 bridgehead atoms. The Balaban J connectivity index is 1.87. The van der Waals surface area contributed by atoms with Crippen molar-refractivity contribution in [3.8, 4) is 11.5 Å². The van der Waals surface area contributed by atoms with E-state index in [1.54, 1.807) is 11.8 Å². The van der Waals surface area contributed by atoms with E-state index in [9.17, 15) is 4.79 Å². The van der Waals surface area contributed by atoms with Crippen molar-refractivity contribution in [2.75, 3.05) is 19.0 Å². The van der Waals surface area contributed by atoms with Gasteiger partial charge in [-0.3, -0.25) is 4.79 Å². The Morgan fingerprint density at radius 3 is 2.78 bits per heavy atom. The van der Waals surface area contributed by atoms with Crippen LogP contribution in [0.4, 0.5) is 0 Å². The number of carbonyl (C=O) groups is 1. The van der Waals surface area contributed by atoms with Gasteiger partial charge in [0.2, 0.25) is 5.91 Å². The first-order valence-electron chi connectivity index (χ1n) is 8.09. The van der Waals surface area contributed by atoms with Crippen LogP contribution in [0, 0.1) is 0 Å². The normalized spacial score (nSPS) is 13.7. The second kappa shape index (κ2) is 9.28. The van der Waals surface area contributed by atoms with E-state index in [1.165, 1.54) is 0 Å². The van der Waals surface area contributed by atoms with Crippen molar-refractivity contribution >= 4 is 29.3 Å². The predicted octanol–water partition coefficient (Wildman–Crippen LogP) is 4.04. The predicted molar refractivity (Wildman–Crippen MR) is 95.7 cm³/mol. The molecule has 4 nitrogen and oxygen atoms in total. The number of nitrogens with one attached hydrogen (secondary N) is 1. The molecule has 1 heterocycles. The quantitative estimate of drug-likeness (QED) is 0.800. The highest BCUT2D eigenvalue weighted by molar-refractivity contribution is 7.99. The van der Waals surface area contributed by atoms with Gasteiger partial charge in [0, 0.05) is 18.2 Å². The lowest BCUT2D eigenvalue weighted by atomic mass is 10.2. The van der Waals surface area contributed by atoms with Crippen LogP contribution < -0.4 is 14.8 Å². The summed E-state index contributed by atoms with van der Waals surface area (Å²) in [5, 5.41) is 3.61. The maximum absolute atomic E-state index is 11.9. The molecule has 1 aliphatic heterocycles. The zero-order valence-electron chi connectivity index (χ0n) is 13.7. The molecule has 0 aromatic heterocycles. The summed E-state index contributed by atoms with van der Waals surface area (Å²) in [5.41, 5.74) is 1.04. The van der Waals surface area contributed by atoms with Gasteiger partial charge in [0.1, 0.15) is 0 Å². The van der Waals surface area contributed by atoms with Crippen molar-refractivity contribution in [1.82, 2.24) is 5.32 Å². The molecule has 128 valence electrons. The monoisotopic (exact) mass is 357 g/mol. The van der Waals surface area contributed by atoms with Gasteiger partial charge < -0.3 is 14.8 Å². The summed E-state index contributed by atoms with van der Waals surface area (Å²) in [6.45, 7) is 5.43. The van der Waals surface area contributed by atoms with E-state index in [-0.39, 0.29) is 11.9 Å². The Bertz CT molecular complexity index is 535. The minimum atomic E-state index is 0.0872. The maximum Gasteiger partial charge on any atom is 0.230 e. The number of hydrogen-bond donors (Lipinski definition) is 1. The molecule has 0 radical (unpaired) electrons. The van der Waals surface area contributed by atoms with Crippen LogP contribution >= 0.6 is 23.4 Å². The van der Waals surface area contributed by atoms with E-state index < -0.39 is 0 Å². The lowest BCUT2D eigenvalue weighted by Gasteiger charge is -2.14. The molecule has 1 N–H and O–H groups in total. The van der Waals surface area contributed by atoms with Crippen LogP contribution in [0.5, 0.6) is 11.5 Å². The summed E-state index contributed by atoms with van der Waals surface area (Å²) in [6.07, 6.45) is 2.78. The molecule has 0 atom stereocenters. The average Bonchev–Trinajstić information content (AvgIpc) is 2.78. The van der Waals surface area contributed by atoms with E-state index in [2.05, 4.69) is 19.2 Å². The third-order valence-electron chi connectivity index (χ3n) is 3.71. The first-order chi connectivity index (χ1) is 11.1. The van der Waals surface area contributed by atoms with Gasteiger partial charge in [-0.2, -0.15) is 0 Å². The molecule has 0 saturated heterocycles. The highest BCUT2D eigenvalue weighted by Gasteiger charge is 2.16. The topological polar surface area (TPSA) is 47.6 Å². The highest BCUT2D eigenvalue weighted by atomic mass is 35.5. The number of amides is 1. The second-order valence-corrected chi connectivity index (χ2v) is 6.92. The fourth-order valence-corrected chi connectivity index (χ4v) is 3.45. The number of rotatable bonds is 7. The molecule has 2 rings (SSSR count). The van der Waals surface area contributed by atoms with Crippen LogP contribution in [0.1, 0.15) is 38.7 Å². The fraction of sp³-hybridized carbons (Fsp3) is 0.588. The third-order valence-corrected chi connectivity index (χ3v) is 5.00. The number of thioether (sulfide) groups is 1. The summed E-state index contributed by atoms with van der Waals surface area (Å²) in [4.78, 5) is 11.9. The van der Waals surface area contributed by atoms with Crippen LogP contribution in [0.2, 0.25) is 5.02 Å². The van der Waals surface area contributed by atoms with Crippen LogP contribution in [-0.2, 0) is 10.5 Å². The van der Waals surface area contributed by atoms with Crippen molar-refractivity contribution in [1.29, 1.82) is 0 Å². The van der Waals surface area contributed by atoms with E-state index >= 15 is 0 Å². The van der Waals surface area contributed by atoms with Crippen LogP contribution in [0.3, 0.4) is 0 Å². The molecule has 0 saturated carbocycles. The molecule has 1 amide bonds. The summed E-state index contributed by atoms with van der Waals surface area (Å²) in [7, 11) is 0. The van der Waals surface area contributed by atoms with E-state index in [0.717, 1.165) is 24.8 Å². The van der Waals surface area contributed by atoms with Crippen molar-refractivity contribution in [2.45, 2.75) is 44.9 Å². The number of fused-ring (bicyclic) bond motifs is 1. The van der Waals surface area contributed by atoms with Crippen LogP contribution in [0.25, 0.3) is 0 Å². The Labute approximate surface area is 147 Å². The van der Waals surface area contributed by atoms with Crippen molar-refractivity contribution in [3.05, 3.63) is 22.7 Å². The molecular formula is C17H24ClNO3S. The van der Waals surface area contributed by atoms with Crippen molar-refractivity contribution in [3.63, 3.8) is 0 Å². The average molecular weight is 358 g/mol. The molecule has 0 spiro atoms. The standard InChI is InChI=1S/C17H24ClNO3S/c1-3-13(4-2)19-16(20)11-23-10-12-8-14(18)17-15(9-12)21-6-5-7-22-17/h8-9,13H,3-7,10-11H2,1-2H3,(H,19,20). The lowest BCUT2D eigenvalue weighted by molar-refractivity contribution is -0.119. The Hall–Kier alpha value is -1.07. The largest absolute Gasteiger partial charge is 0.489 e. The highest BCUT2D eigenvalue weighted by Crippen LogP contribution is 2.38. The summed E-state index contributed by atoms with van der Waals surface area (Å²) in [6, 6.07) is 4.12. The summed E-state index contributed by atoms with van der Waals surface area (Å²) in [5.74, 6) is 2.58. The van der Waals surface area contributed by atoms with Gasteiger partial charge in [-0.25, -0.2) is 0 Å². The second-order valence-electron chi connectivity index (χ2n) is 5.53. The van der Waals surface area contributed by atoms with Gasteiger partial charge in [0.05, 0.1) is 24.0 Å². The maximum atomic E-state index is 11.9. The van der Waals surface area contributed by atoms with E-state index in [4.69, 9.17) is 21.1 Å². The Morgan fingerprint density at radius 2 is 2.04 bits per heavy atom. The number of carbonyl (C=O) groups excluding carboxylic acids is 1. The van der Waals surface area contributed by atoms with Crippen LogP contribution in [-0.4, -0.2) is 30.9 Å². The number of hydrogen-bond acceptors (Lipinski definition) is 4. The lowest BCUT2D eigenvalue weighted by Crippen LogP contribution is -2.35. The van der Waals surface area contributed by atoms with Gasteiger partial charge in [-0.15, -0.1) is 11.8 Å². The first kappa shape index (κ1) is 18.3. The summed E-state index contributed by atoms with van der Waals surface area (Å²) >= 11 is 7.85. The smallest absolute Gasteiger partial charge is 0.230 e. The Kier molecular flexibility index (Phi) is 7.37. The number of ether oxygens (including phenoxy) is 2. The molecule has 0 fully saturated rings. The van der Waals surface area contributed by atoms with Gasteiger partial charge in [-0.05, 0) is 30.5 Å². The van der Waals surface area contributed by atoms with Gasteiger partial charge >= 0.3 is 0 Å². The molecular weight excluding hydrogens is 334 g/mol. The molecule has 1 aromatic rings. The van der Waals surface area contributed by atoms with Crippen molar-refractivity contribution < 1.29 is 14.3 Å². The third kappa shape index (κ3) is 5.50. The van der Waals surface area contributed by atoms with Gasteiger partial charge in [0.15, 0.2) is 11.5 Å². The summed E-state index contributed by atoms with van der Waals surface area (Å²) < 4.78 is 11.3. The molecule has 1 aliphatic rings. The SMILES string of the molecule is CCC(CC)NC(=O)CSCc1cc(Cl)c2c(c1)OCCCO2. The molecule has 1 aromatic carbocycles. The Morgan fingerprint density at radius 1 is 1.30 bits per heavy atom. The minimum Gasteiger partial charge on any atom is -0.489 e. The molecule has 23 heavy (non-hydrogen) atoms. The fourth-order valence-electron chi connectivity index (χ4n) is 2.39. The minimum absolute atomic E-state index is 0.0872. The molecule has 0 aliphatic carbocycles. The van der Waals surface area contributed by atoms with Gasteiger partial charge in [0.25, 0.3) is 0 Å². The number of halogens is 1. The zero-order chi connectivity index (χ0) is 16.7. The van der Waals surface area contributed by atoms with E-state index in [0.29, 0.717) is 41.2 Å². The molecule has 0 unspecified atom stereocenters. The first-order valence-corrected chi connectivity index (χ1v) is 9.62. The molecule has 6 heteroatoms. The van der Waals surface area contributed by atoms with Gasteiger partial charge in [-0.1, -0.05) is 25.4 Å². The zero-order valence-corrected chi connectivity index (χ0v) is 15.3. The van der Waals surface area contributed by atoms with Crippen LogP contribution in [0.15, 0.2) is 12.1 Å². The number of benzene rings is 1. The van der Waals surface area contributed by atoms with E-state index in [1.807, 2.05) is 12.1 Å².